The van der Waals surface area contributed by atoms with Crippen molar-refractivity contribution in [2.45, 2.75) is 19.9 Å². The van der Waals surface area contributed by atoms with Gasteiger partial charge in [0, 0.05) is 16.8 Å². The molecule has 8 heteroatoms. The molecule has 3 aromatic carbocycles. The second kappa shape index (κ2) is 9.15. The van der Waals surface area contributed by atoms with E-state index in [0.717, 1.165) is 38.5 Å². The van der Waals surface area contributed by atoms with Gasteiger partial charge in [-0.1, -0.05) is 72.8 Å². The molecule has 0 spiro atoms. The quantitative estimate of drug-likeness (QED) is 0.185. The maximum Gasteiger partial charge on any atom is 0.320 e. The maximum absolute atomic E-state index is 13.2. The molecule has 0 unspecified atom stereocenters. The van der Waals surface area contributed by atoms with E-state index in [1.807, 2.05) is 62.4 Å². The first-order valence-electron chi connectivity index (χ1n) is 11.9. The zero-order chi connectivity index (χ0) is 25.5. The second-order valence-electron chi connectivity index (χ2n) is 9.00. The van der Waals surface area contributed by atoms with E-state index in [1.165, 1.54) is 11.3 Å². The van der Waals surface area contributed by atoms with Crippen LogP contribution >= 0.6 is 11.3 Å². The van der Waals surface area contributed by atoms with Crippen LogP contribution in [0.1, 0.15) is 24.8 Å². The molecule has 0 aliphatic heterocycles. The van der Waals surface area contributed by atoms with Gasteiger partial charge in [0.1, 0.15) is 4.83 Å². The van der Waals surface area contributed by atoms with Crippen LogP contribution in [0, 0.1) is 0 Å². The normalized spacial score (nSPS) is 12.1. The first kappa shape index (κ1) is 22.9. The molecular weight excluding hydrogens is 482 g/mol. The standard InChI is InChI=1S/C29H23N5O2S/c1-17(2)34-16-24(36-33-34)32-28(35)27-26(30)25-22(19-9-4-3-5-10-19)15-23(31-29(25)37-27)21-14-8-12-18-11-6-7-13-20(18)21/h3-17H,1-2H3,(H2-,30,32,33,35). The maximum atomic E-state index is 13.2. The molecule has 2 N–H and O–H groups in total. The van der Waals surface area contributed by atoms with E-state index in [-0.39, 0.29) is 11.9 Å². The molecule has 0 aliphatic rings. The van der Waals surface area contributed by atoms with Gasteiger partial charge < -0.3 is 10.8 Å². The topological polar surface area (TPSA) is 104 Å². The van der Waals surface area contributed by atoms with Crippen LogP contribution in [-0.4, -0.2) is 16.2 Å². The monoisotopic (exact) mass is 505 g/mol. The number of thiophene rings is 1. The Labute approximate surface area is 217 Å². The van der Waals surface area contributed by atoms with Crippen LogP contribution in [0.25, 0.3) is 43.4 Å². The highest BCUT2D eigenvalue weighted by atomic mass is 32.1. The van der Waals surface area contributed by atoms with Crippen molar-refractivity contribution in [1.82, 2.24) is 10.3 Å². The summed E-state index contributed by atoms with van der Waals surface area (Å²) in [7, 11) is 0. The minimum atomic E-state index is -0.488. The number of hydrogen-bond donors (Lipinski definition) is 1. The fourth-order valence-corrected chi connectivity index (χ4v) is 5.41. The molecule has 3 heterocycles. The molecular formula is C29H23N5O2S. The van der Waals surface area contributed by atoms with Gasteiger partial charge in [0.15, 0.2) is 6.04 Å². The van der Waals surface area contributed by atoms with Crippen molar-refractivity contribution in [3.63, 3.8) is 0 Å². The molecule has 7 nitrogen and oxygen atoms in total. The van der Waals surface area contributed by atoms with Crippen LogP contribution in [0.5, 0.6) is 0 Å². The molecule has 0 atom stereocenters. The van der Waals surface area contributed by atoms with Gasteiger partial charge in [-0.3, -0.25) is 4.52 Å². The average Bonchev–Trinajstić information content (AvgIpc) is 3.53. The lowest BCUT2D eigenvalue weighted by Gasteiger charge is -2.11. The summed E-state index contributed by atoms with van der Waals surface area (Å²) in [6, 6.07) is 26.6. The number of hydrogen-bond acceptors (Lipinski definition) is 7. The lowest BCUT2D eigenvalue weighted by Crippen LogP contribution is -2.36. The summed E-state index contributed by atoms with van der Waals surface area (Å²) in [5, 5.41) is 20.1. The third kappa shape index (κ3) is 4.11. The van der Waals surface area contributed by atoms with Gasteiger partial charge >= 0.3 is 5.88 Å². The van der Waals surface area contributed by atoms with Crippen molar-refractivity contribution in [2.24, 2.45) is 4.99 Å². The smallest absolute Gasteiger partial charge is 0.320 e. The Morgan fingerprint density at radius 3 is 2.54 bits per heavy atom. The highest BCUT2D eigenvalue weighted by molar-refractivity contribution is 7.21. The van der Waals surface area contributed by atoms with Crippen LogP contribution in [0.3, 0.4) is 0 Å². The number of anilines is 1. The molecule has 0 bridgehead atoms. The van der Waals surface area contributed by atoms with Crippen molar-refractivity contribution in [3.05, 3.63) is 89.9 Å². The van der Waals surface area contributed by atoms with Gasteiger partial charge in [-0.05, 0) is 46.5 Å². The number of nitrogen functional groups attached to an aromatic ring is 1. The molecule has 0 saturated heterocycles. The summed E-state index contributed by atoms with van der Waals surface area (Å²) < 4.78 is 6.82. The van der Waals surface area contributed by atoms with Gasteiger partial charge in [-0.25, -0.2) is 9.98 Å². The van der Waals surface area contributed by atoms with Crippen molar-refractivity contribution >= 4 is 49.8 Å². The van der Waals surface area contributed by atoms with Crippen molar-refractivity contribution < 1.29 is 14.3 Å². The Morgan fingerprint density at radius 1 is 1.00 bits per heavy atom. The molecule has 3 aromatic heterocycles. The summed E-state index contributed by atoms with van der Waals surface area (Å²) >= 11 is 1.24. The summed E-state index contributed by atoms with van der Waals surface area (Å²) in [5.41, 5.74) is 10.7. The van der Waals surface area contributed by atoms with E-state index >= 15 is 0 Å². The summed E-state index contributed by atoms with van der Waals surface area (Å²) in [6.07, 6.45) is 1.60. The molecule has 0 saturated carbocycles. The number of rotatable bonds is 5. The number of nitrogens with two attached hydrogens (primary N) is 1. The average molecular weight is 506 g/mol. The SMILES string of the molecule is CC(C)[n+]1cc(/N=C(\[O-])c2sc3nc(-c4cccc5ccccc45)cc(-c4ccccc4)c3c2N)on1. The largest absolute Gasteiger partial charge is 0.857 e. The highest BCUT2D eigenvalue weighted by Gasteiger charge is 2.20. The number of fused-ring (bicyclic) bond motifs is 2. The fourth-order valence-electron chi connectivity index (χ4n) is 4.40. The molecule has 0 radical (unpaired) electrons. The van der Waals surface area contributed by atoms with Gasteiger partial charge in [-0.2, -0.15) is 0 Å². The number of nitrogens with zero attached hydrogens (tertiary/aromatic N) is 4. The lowest BCUT2D eigenvalue weighted by molar-refractivity contribution is -0.779. The van der Waals surface area contributed by atoms with Gasteiger partial charge in [0.2, 0.25) is 5.27 Å². The predicted molar refractivity (Wildman–Crippen MR) is 146 cm³/mol. The Kier molecular flexibility index (Phi) is 5.65. The third-order valence-electron chi connectivity index (χ3n) is 6.26. The summed E-state index contributed by atoms with van der Waals surface area (Å²) in [6.45, 7) is 3.92. The minimum Gasteiger partial charge on any atom is -0.857 e. The summed E-state index contributed by atoms with van der Waals surface area (Å²) in [4.78, 5) is 10.1. The lowest BCUT2D eigenvalue weighted by atomic mass is 9.97. The molecule has 6 rings (SSSR count). The first-order chi connectivity index (χ1) is 18.0. The highest BCUT2D eigenvalue weighted by Crippen LogP contribution is 2.42. The van der Waals surface area contributed by atoms with Gasteiger partial charge in [0.05, 0.1) is 16.3 Å². The predicted octanol–water partition coefficient (Wildman–Crippen LogP) is 5.66. The van der Waals surface area contributed by atoms with Crippen molar-refractivity contribution in [2.75, 3.05) is 5.73 Å². The molecule has 6 aromatic rings. The summed E-state index contributed by atoms with van der Waals surface area (Å²) in [5.74, 6) is -0.360. The van der Waals surface area contributed by atoms with Crippen LogP contribution < -0.4 is 15.5 Å². The number of aliphatic imine (C=N–C) groups is 1. The minimum absolute atomic E-state index is 0.0855. The van der Waals surface area contributed by atoms with Gasteiger partial charge in [-0.15, -0.1) is 11.3 Å². The van der Waals surface area contributed by atoms with Crippen LogP contribution in [0.2, 0.25) is 0 Å². The Bertz CT molecular complexity index is 1780. The van der Waals surface area contributed by atoms with E-state index in [1.54, 1.807) is 10.9 Å². The van der Waals surface area contributed by atoms with Crippen LogP contribution in [0.15, 0.2) is 94.6 Å². The zero-order valence-electron chi connectivity index (χ0n) is 20.3. The van der Waals surface area contributed by atoms with E-state index in [4.69, 9.17) is 15.2 Å². The Balaban J connectivity index is 1.57. The fraction of sp³-hybridized carbons (Fsp3) is 0.103. The van der Waals surface area contributed by atoms with Gasteiger partial charge in [0.25, 0.3) is 6.20 Å². The number of benzene rings is 3. The third-order valence-corrected chi connectivity index (χ3v) is 7.34. The van der Waals surface area contributed by atoms with E-state index < -0.39 is 5.90 Å². The first-order valence-corrected chi connectivity index (χ1v) is 12.7. The number of aromatic nitrogens is 3. The second-order valence-corrected chi connectivity index (χ2v) is 10.0. The van der Waals surface area contributed by atoms with Crippen LogP contribution in [-0.2, 0) is 0 Å². The Hall–Kier alpha value is -4.56. The molecule has 37 heavy (non-hydrogen) atoms. The molecule has 182 valence electrons. The van der Waals surface area contributed by atoms with Crippen molar-refractivity contribution in [1.29, 1.82) is 0 Å². The molecule has 0 aliphatic carbocycles. The van der Waals surface area contributed by atoms with E-state index in [0.29, 0.717) is 15.4 Å². The van der Waals surface area contributed by atoms with Crippen molar-refractivity contribution in [3.8, 4) is 22.4 Å². The van der Waals surface area contributed by atoms with E-state index in [9.17, 15) is 5.11 Å². The zero-order valence-corrected chi connectivity index (χ0v) is 21.1. The number of pyridine rings is 1. The molecule has 0 fully saturated rings. The van der Waals surface area contributed by atoms with E-state index in [2.05, 4.69) is 40.6 Å². The molecule has 0 amide bonds. The van der Waals surface area contributed by atoms with Crippen LogP contribution in [0.4, 0.5) is 11.6 Å². The Morgan fingerprint density at radius 2 is 1.76 bits per heavy atom.